The molecule has 0 unspecified atom stereocenters. The summed E-state index contributed by atoms with van der Waals surface area (Å²) in [4.78, 5) is 10.7. The molecular formula is C7H16N2O2. The predicted octanol–water partition coefficient (Wildman–Crippen LogP) is 0.470. The van der Waals surface area contributed by atoms with Crippen LogP contribution in [0.15, 0.2) is 0 Å². The Hall–Kier alpha value is -0.770. The van der Waals surface area contributed by atoms with Crippen LogP contribution >= 0.6 is 0 Å². The van der Waals surface area contributed by atoms with Gasteiger partial charge in [0.15, 0.2) is 0 Å². The molecule has 4 nitrogen and oxygen atoms in total. The molecule has 1 amide bonds. The van der Waals surface area contributed by atoms with Crippen molar-refractivity contribution in [1.82, 2.24) is 5.32 Å². The smallest absolute Gasteiger partial charge is 0.407 e. The maximum Gasteiger partial charge on any atom is 0.407 e. The summed E-state index contributed by atoms with van der Waals surface area (Å²) in [6.45, 7) is 6.23. The number of amides is 1. The maximum absolute atomic E-state index is 10.7. The molecule has 0 fully saturated rings. The van der Waals surface area contributed by atoms with E-state index >= 15 is 0 Å². The minimum Gasteiger partial charge on any atom is -0.450 e. The van der Waals surface area contributed by atoms with Gasteiger partial charge in [-0.2, -0.15) is 0 Å². The van der Waals surface area contributed by atoms with Gasteiger partial charge in [-0.1, -0.05) is 0 Å². The van der Waals surface area contributed by atoms with Gasteiger partial charge >= 0.3 is 6.09 Å². The molecule has 0 saturated heterocycles. The van der Waals surface area contributed by atoms with Crippen molar-refractivity contribution < 1.29 is 9.53 Å². The monoisotopic (exact) mass is 160 g/mol. The lowest BCUT2D eigenvalue weighted by atomic mass is 10.1. The standard InChI is InChI=1S/C7H16N2O2/c1-4-11-6(10)9-5-7(2,3)8/h4-5,8H2,1-3H3,(H,9,10). The van der Waals surface area contributed by atoms with E-state index in [1.54, 1.807) is 6.92 Å². The molecule has 4 heteroatoms. The lowest BCUT2D eigenvalue weighted by Gasteiger charge is -2.18. The summed E-state index contributed by atoms with van der Waals surface area (Å²) in [6, 6.07) is 0. The van der Waals surface area contributed by atoms with Crippen molar-refractivity contribution in [2.24, 2.45) is 5.73 Å². The fourth-order valence-corrected chi connectivity index (χ4v) is 0.482. The third kappa shape index (κ3) is 7.12. The Balaban J connectivity index is 3.46. The van der Waals surface area contributed by atoms with E-state index in [1.807, 2.05) is 13.8 Å². The molecule has 0 heterocycles. The summed E-state index contributed by atoms with van der Waals surface area (Å²) in [5, 5.41) is 2.54. The summed E-state index contributed by atoms with van der Waals surface area (Å²) in [7, 11) is 0. The molecule has 0 aliphatic heterocycles. The van der Waals surface area contributed by atoms with E-state index in [0.29, 0.717) is 13.2 Å². The van der Waals surface area contributed by atoms with E-state index in [-0.39, 0.29) is 5.54 Å². The van der Waals surface area contributed by atoms with Gasteiger partial charge in [-0.3, -0.25) is 0 Å². The Morgan fingerprint density at radius 2 is 2.18 bits per heavy atom. The summed E-state index contributed by atoms with van der Waals surface area (Å²) < 4.78 is 4.63. The summed E-state index contributed by atoms with van der Waals surface area (Å²) in [6.07, 6.45) is -0.411. The first kappa shape index (κ1) is 10.2. The van der Waals surface area contributed by atoms with E-state index < -0.39 is 6.09 Å². The van der Waals surface area contributed by atoms with Gasteiger partial charge < -0.3 is 15.8 Å². The van der Waals surface area contributed by atoms with E-state index in [4.69, 9.17) is 5.73 Å². The number of rotatable bonds is 3. The number of hydrogen-bond acceptors (Lipinski definition) is 3. The SMILES string of the molecule is CCOC(=O)NCC(C)(C)N. The van der Waals surface area contributed by atoms with Gasteiger partial charge in [0.05, 0.1) is 6.61 Å². The predicted molar refractivity (Wildman–Crippen MR) is 43.3 cm³/mol. The zero-order chi connectivity index (χ0) is 8.91. The molecule has 0 aliphatic carbocycles. The van der Waals surface area contributed by atoms with Crippen molar-refractivity contribution in [2.45, 2.75) is 26.3 Å². The fraction of sp³-hybridized carbons (Fsp3) is 0.857. The normalized spacial score (nSPS) is 10.9. The van der Waals surface area contributed by atoms with Gasteiger partial charge in [-0.05, 0) is 20.8 Å². The van der Waals surface area contributed by atoms with Crippen molar-refractivity contribution in [2.75, 3.05) is 13.2 Å². The van der Waals surface area contributed by atoms with Crippen molar-refractivity contribution in [1.29, 1.82) is 0 Å². The fourth-order valence-electron chi connectivity index (χ4n) is 0.482. The number of nitrogens with two attached hydrogens (primary N) is 1. The van der Waals surface area contributed by atoms with E-state index in [1.165, 1.54) is 0 Å². The molecule has 0 spiro atoms. The molecule has 66 valence electrons. The topological polar surface area (TPSA) is 64.3 Å². The zero-order valence-electron chi connectivity index (χ0n) is 7.31. The highest BCUT2D eigenvalue weighted by molar-refractivity contribution is 5.67. The third-order valence-electron chi connectivity index (χ3n) is 0.964. The van der Waals surface area contributed by atoms with Crippen molar-refractivity contribution in [3.8, 4) is 0 Å². The van der Waals surface area contributed by atoms with Crippen LogP contribution in [0.1, 0.15) is 20.8 Å². The van der Waals surface area contributed by atoms with Crippen LogP contribution in [-0.2, 0) is 4.74 Å². The average Bonchev–Trinajstić information content (AvgIpc) is 1.83. The van der Waals surface area contributed by atoms with Gasteiger partial charge in [0.1, 0.15) is 0 Å². The molecule has 0 aliphatic rings. The van der Waals surface area contributed by atoms with Crippen LogP contribution in [0.4, 0.5) is 4.79 Å². The number of nitrogens with one attached hydrogen (secondary N) is 1. The molecule has 0 aromatic rings. The first-order valence-electron chi connectivity index (χ1n) is 3.65. The third-order valence-corrected chi connectivity index (χ3v) is 0.964. The molecule has 0 radical (unpaired) electrons. The van der Waals surface area contributed by atoms with Crippen LogP contribution < -0.4 is 11.1 Å². The van der Waals surface area contributed by atoms with E-state index in [9.17, 15) is 4.79 Å². The molecule has 0 rings (SSSR count). The lowest BCUT2D eigenvalue weighted by Crippen LogP contribution is -2.45. The van der Waals surface area contributed by atoms with Crippen LogP contribution in [0.3, 0.4) is 0 Å². The molecule has 0 bridgehead atoms. The van der Waals surface area contributed by atoms with E-state index in [0.717, 1.165) is 0 Å². The van der Waals surface area contributed by atoms with Crippen molar-refractivity contribution in [3.63, 3.8) is 0 Å². The quantitative estimate of drug-likeness (QED) is 0.630. The molecule has 0 aromatic heterocycles. The Morgan fingerprint density at radius 3 is 2.55 bits per heavy atom. The largest absolute Gasteiger partial charge is 0.450 e. The molecule has 3 N–H and O–H groups in total. The highest BCUT2D eigenvalue weighted by atomic mass is 16.5. The lowest BCUT2D eigenvalue weighted by molar-refractivity contribution is 0.150. The number of ether oxygens (including phenoxy) is 1. The van der Waals surface area contributed by atoms with Gasteiger partial charge in [-0.15, -0.1) is 0 Å². The zero-order valence-corrected chi connectivity index (χ0v) is 7.31. The van der Waals surface area contributed by atoms with E-state index in [2.05, 4.69) is 10.1 Å². The summed E-state index contributed by atoms with van der Waals surface area (Å²) in [5.41, 5.74) is 5.23. The minimum atomic E-state index is -0.411. The Bertz CT molecular complexity index is 129. The second kappa shape index (κ2) is 4.18. The van der Waals surface area contributed by atoms with Crippen molar-refractivity contribution >= 4 is 6.09 Å². The van der Waals surface area contributed by atoms with Crippen LogP contribution in [-0.4, -0.2) is 24.8 Å². The Labute approximate surface area is 67.1 Å². The minimum absolute atomic E-state index is 0.382. The van der Waals surface area contributed by atoms with Crippen LogP contribution in [0.25, 0.3) is 0 Å². The van der Waals surface area contributed by atoms with Gasteiger partial charge in [0, 0.05) is 12.1 Å². The second-order valence-electron chi connectivity index (χ2n) is 3.06. The molecule has 11 heavy (non-hydrogen) atoms. The summed E-state index contributed by atoms with van der Waals surface area (Å²) in [5.74, 6) is 0. The molecule has 0 saturated carbocycles. The highest BCUT2D eigenvalue weighted by Gasteiger charge is 2.11. The first-order valence-corrected chi connectivity index (χ1v) is 3.65. The van der Waals surface area contributed by atoms with Gasteiger partial charge in [-0.25, -0.2) is 4.79 Å². The molecule has 0 atom stereocenters. The first-order chi connectivity index (χ1) is 4.95. The maximum atomic E-state index is 10.7. The second-order valence-corrected chi connectivity index (χ2v) is 3.06. The molecular weight excluding hydrogens is 144 g/mol. The van der Waals surface area contributed by atoms with Gasteiger partial charge in [0.25, 0.3) is 0 Å². The average molecular weight is 160 g/mol. The van der Waals surface area contributed by atoms with Gasteiger partial charge in [0.2, 0.25) is 0 Å². The number of alkyl carbamates (subject to hydrolysis) is 1. The molecule has 0 aromatic carbocycles. The number of carbonyl (C=O) groups is 1. The van der Waals surface area contributed by atoms with Crippen molar-refractivity contribution in [3.05, 3.63) is 0 Å². The van der Waals surface area contributed by atoms with Crippen LogP contribution in [0, 0.1) is 0 Å². The Morgan fingerprint density at radius 1 is 1.64 bits per heavy atom. The van der Waals surface area contributed by atoms with Crippen LogP contribution in [0.2, 0.25) is 0 Å². The Kier molecular flexibility index (Phi) is 3.89. The van der Waals surface area contributed by atoms with Crippen LogP contribution in [0.5, 0.6) is 0 Å². The number of carbonyl (C=O) groups excluding carboxylic acids is 1. The summed E-state index contributed by atoms with van der Waals surface area (Å²) >= 11 is 0. The number of hydrogen-bond donors (Lipinski definition) is 2. The highest BCUT2D eigenvalue weighted by Crippen LogP contribution is 1.92.